The first-order valence-electron chi connectivity index (χ1n) is 5.82. The maximum Gasteiger partial charge on any atom is 0.313 e. The molecule has 0 spiro atoms. The molecular weight excluding hydrogens is 240 g/mol. The van der Waals surface area contributed by atoms with Crippen LogP contribution in [-0.4, -0.2) is 71.0 Å². The molecule has 1 heterocycles. The molecule has 1 rings (SSSR count). The number of carbonyl (C=O) groups excluding carboxylic acids is 1. The van der Waals surface area contributed by atoms with Gasteiger partial charge in [0.2, 0.25) is 5.91 Å². The number of likely N-dealkylation sites (N-methyl/N-ethyl adjacent to an activating group) is 1. The first kappa shape index (κ1) is 14.3. The Balaban J connectivity index is 2.34. The first-order chi connectivity index (χ1) is 8.04. The number of piperazine rings is 1. The minimum Gasteiger partial charge on any atom is -0.481 e. The standard InChI is InChI=1S/C11H20N2O3S/c1-3-9-6-13(5-4-12(9)2)10(14)7-17-8-11(15)16/h9H,3-8H2,1-2H3,(H,15,16). The molecule has 0 aromatic carbocycles. The van der Waals surface area contributed by atoms with Gasteiger partial charge >= 0.3 is 5.97 Å². The number of hydrogen-bond donors (Lipinski definition) is 1. The third-order valence-electron chi connectivity index (χ3n) is 3.05. The number of hydrogen-bond acceptors (Lipinski definition) is 4. The second-order valence-corrected chi connectivity index (χ2v) is 5.25. The molecule has 98 valence electrons. The lowest BCUT2D eigenvalue weighted by Crippen LogP contribution is -2.53. The molecule has 0 aromatic heterocycles. The van der Waals surface area contributed by atoms with Gasteiger partial charge in [0.15, 0.2) is 0 Å². The quantitative estimate of drug-likeness (QED) is 0.773. The summed E-state index contributed by atoms with van der Waals surface area (Å²) >= 11 is 1.17. The van der Waals surface area contributed by atoms with Gasteiger partial charge in [-0.25, -0.2) is 0 Å². The van der Waals surface area contributed by atoms with E-state index in [-0.39, 0.29) is 17.4 Å². The van der Waals surface area contributed by atoms with Crippen LogP contribution in [0.15, 0.2) is 0 Å². The van der Waals surface area contributed by atoms with Crippen LogP contribution in [0.4, 0.5) is 0 Å². The lowest BCUT2D eigenvalue weighted by Gasteiger charge is -2.39. The number of rotatable bonds is 5. The highest BCUT2D eigenvalue weighted by Crippen LogP contribution is 2.12. The van der Waals surface area contributed by atoms with Crippen molar-refractivity contribution in [3.05, 3.63) is 0 Å². The fourth-order valence-electron chi connectivity index (χ4n) is 1.93. The van der Waals surface area contributed by atoms with Gasteiger partial charge in [-0.3, -0.25) is 14.5 Å². The van der Waals surface area contributed by atoms with Gasteiger partial charge in [0.25, 0.3) is 0 Å². The van der Waals surface area contributed by atoms with E-state index in [2.05, 4.69) is 18.9 Å². The van der Waals surface area contributed by atoms with E-state index in [0.717, 1.165) is 26.1 Å². The third kappa shape index (κ3) is 4.55. The molecule has 6 heteroatoms. The Hall–Kier alpha value is -0.750. The summed E-state index contributed by atoms with van der Waals surface area (Å²) in [4.78, 5) is 26.3. The minimum absolute atomic E-state index is 0.00328. The summed E-state index contributed by atoms with van der Waals surface area (Å²) < 4.78 is 0. The third-order valence-corrected chi connectivity index (χ3v) is 3.95. The zero-order valence-electron chi connectivity index (χ0n) is 10.4. The molecule has 0 bridgehead atoms. The molecule has 1 fully saturated rings. The summed E-state index contributed by atoms with van der Waals surface area (Å²) in [5, 5.41) is 8.50. The Morgan fingerprint density at radius 2 is 2.06 bits per heavy atom. The highest BCUT2D eigenvalue weighted by atomic mass is 32.2. The van der Waals surface area contributed by atoms with Crippen molar-refractivity contribution >= 4 is 23.6 Å². The summed E-state index contributed by atoms with van der Waals surface area (Å²) in [7, 11) is 2.08. The SMILES string of the molecule is CCC1CN(C(=O)CSCC(=O)O)CCN1C. The molecule has 0 aliphatic carbocycles. The molecule has 1 N–H and O–H groups in total. The fraction of sp³-hybridized carbons (Fsp3) is 0.818. The van der Waals surface area contributed by atoms with Crippen LogP contribution in [0, 0.1) is 0 Å². The Bertz CT molecular complexity index is 286. The van der Waals surface area contributed by atoms with Gasteiger partial charge in [0.05, 0.1) is 11.5 Å². The van der Waals surface area contributed by atoms with Crippen LogP contribution in [0.2, 0.25) is 0 Å². The molecule has 1 unspecified atom stereocenters. The predicted molar refractivity (Wildman–Crippen MR) is 68.2 cm³/mol. The van der Waals surface area contributed by atoms with Crippen molar-refractivity contribution in [2.24, 2.45) is 0 Å². The van der Waals surface area contributed by atoms with Crippen molar-refractivity contribution < 1.29 is 14.7 Å². The average Bonchev–Trinajstić information content (AvgIpc) is 2.29. The molecular formula is C11H20N2O3S. The van der Waals surface area contributed by atoms with Crippen LogP contribution in [0.1, 0.15) is 13.3 Å². The molecule has 1 aliphatic heterocycles. The maximum absolute atomic E-state index is 11.8. The van der Waals surface area contributed by atoms with Gasteiger partial charge in [-0.1, -0.05) is 6.92 Å². The number of nitrogens with zero attached hydrogens (tertiary/aromatic N) is 2. The van der Waals surface area contributed by atoms with Crippen molar-refractivity contribution in [1.29, 1.82) is 0 Å². The molecule has 1 atom stereocenters. The Kier molecular flexibility index (Phi) is 5.77. The number of carbonyl (C=O) groups is 2. The van der Waals surface area contributed by atoms with Crippen LogP contribution < -0.4 is 0 Å². The van der Waals surface area contributed by atoms with Crippen molar-refractivity contribution in [3.8, 4) is 0 Å². The van der Waals surface area contributed by atoms with Crippen LogP contribution in [0.5, 0.6) is 0 Å². The average molecular weight is 260 g/mol. The van der Waals surface area contributed by atoms with E-state index in [1.54, 1.807) is 0 Å². The zero-order chi connectivity index (χ0) is 12.8. The van der Waals surface area contributed by atoms with Gasteiger partial charge in [0.1, 0.15) is 0 Å². The molecule has 1 aliphatic rings. The van der Waals surface area contributed by atoms with Gasteiger partial charge in [-0.05, 0) is 13.5 Å². The van der Waals surface area contributed by atoms with Crippen molar-refractivity contribution in [1.82, 2.24) is 9.80 Å². The fourth-order valence-corrected chi connectivity index (χ4v) is 2.56. The number of carboxylic acids is 1. The van der Waals surface area contributed by atoms with Crippen molar-refractivity contribution in [2.45, 2.75) is 19.4 Å². The second-order valence-electron chi connectivity index (χ2n) is 4.27. The largest absolute Gasteiger partial charge is 0.481 e. The molecule has 0 aromatic rings. The minimum atomic E-state index is -0.868. The van der Waals surface area contributed by atoms with Crippen molar-refractivity contribution in [3.63, 3.8) is 0 Å². The number of aliphatic carboxylic acids is 1. The molecule has 1 amide bonds. The van der Waals surface area contributed by atoms with Crippen LogP contribution >= 0.6 is 11.8 Å². The normalized spacial score (nSPS) is 21.5. The lowest BCUT2D eigenvalue weighted by molar-refractivity contribution is -0.133. The van der Waals surface area contributed by atoms with E-state index in [1.807, 2.05) is 4.90 Å². The van der Waals surface area contributed by atoms with E-state index >= 15 is 0 Å². The molecule has 0 saturated carbocycles. The number of amides is 1. The monoisotopic (exact) mass is 260 g/mol. The highest BCUT2D eigenvalue weighted by Gasteiger charge is 2.25. The van der Waals surface area contributed by atoms with E-state index in [4.69, 9.17) is 5.11 Å². The smallest absolute Gasteiger partial charge is 0.313 e. The molecule has 5 nitrogen and oxygen atoms in total. The van der Waals surface area contributed by atoms with Gasteiger partial charge < -0.3 is 10.0 Å². The molecule has 0 radical (unpaired) electrons. The Morgan fingerprint density at radius 3 is 2.65 bits per heavy atom. The van der Waals surface area contributed by atoms with Crippen LogP contribution in [-0.2, 0) is 9.59 Å². The van der Waals surface area contributed by atoms with E-state index < -0.39 is 5.97 Å². The summed E-state index contributed by atoms with van der Waals surface area (Å²) in [6, 6.07) is 0.428. The molecule has 17 heavy (non-hydrogen) atoms. The molecule has 1 saturated heterocycles. The van der Waals surface area contributed by atoms with E-state index in [0.29, 0.717) is 6.04 Å². The Morgan fingerprint density at radius 1 is 1.35 bits per heavy atom. The van der Waals surface area contributed by atoms with Gasteiger partial charge in [0, 0.05) is 25.7 Å². The number of carboxylic acid groups (broad SMARTS) is 1. The second kappa shape index (κ2) is 6.86. The number of thioether (sulfide) groups is 1. The zero-order valence-corrected chi connectivity index (χ0v) is 11.2. The topological polar surface area (TPSA) is 60.9 Å². The van der Waals surface area contributed by atoms with Gasteiger partial charge in [-0.15, -0.1) is 11.8 Å². The van der Waals surface area contributed by atoms with Crippen LogP contribution in [0.3, 0.4) is 0 Å². The summed E-state index contributed by atoms with van der Waals surface area (Å²) in [5.74, 6) is -0.543. The van der Waals surface area contributed by atoms with E-state index in [1.165, 1.54) is 11.8 Å². The predicted octanol–water partition coefficient (Wildman–Crippen LogP) is 0.357. The van der Waals surface area contributed by atoms with Crippen molar-refractivity contribution in [2.75, 3.05) is 38.2 Å². The van der Waals surface area contributed by atoms with E-state index in [9.17, 15) is 9.59 Å². The Labute approximate surface area is 106 Å². The first-order valence-corrected chi connectivity index (χ1v) is 6.97. The van der Waals surface area contributed by atoms with Gasteiger partial charge in [-0.2, -0.15) is 0 Å². The lowest BCUT2D eigenvalue weighted by atomic mass is 10.1. The van der Waals surface area contributed by atoms with Crippen LogP contribution in [0.25, 0.3) is 0 Å². The maximum atomic E-state index is 11.8. The summed E-state index contributed by atoms with van der Waals surface area (Å²) in [6.07, 6.45) is 1.03. The summed E-state index contributed by atoms with van der Waals surface area (Å²) in [5.41, 5.74) is 0. The highest BCUT2D eigenvalue weighted by molar-refractivity contribution is 8.00. The summed E-state index contributed by atoms with van der Waals surface area (Å²) in [6.45, 7) is 4.53.